The number of fused-ring (bicyclic) bond motifs is 5. The maximum Gasteiger partial charge on any atom is 0.164 e. The third-order valence-corrected chi connectivity index (χ3v) is 12.5. The SMILES string of the molecule is CC1(C)c2ccccc2-c2ccc(-c3nc(-c4ccc(C#N)cc4)nc(-c4cccc(-c5ccc6c(c5)C(c5ccccc5)(c5ccccc5)c5ccccc5O6)c4)n3)cc21. The normalized spacial score (nSPS) is 13.8. The molecule has 0 fully saturated rings. The number of hydrogen-bond acceptors (Lipinski definition) is 5. The van der Waals surface area contributed by atoms with Gasteiger partial charge in [-0.15, -0.1) is 0 Å². The standard InChI is InChI=1S/C56H38N4O/c1-55(2)46-21-10-9-20-44(46)45-30-28-41(34-48(45)55)54-59-52(37-26-24-36(35-57)25-27-37)58-53(60-54)40-15-13-14-38(32-40)39-29-31-51-49(33-39)56(42-16-5-3-6-17-42,43-18-7-4-8-19-43)47-22-11-12-23-50(47)61-51/h3-34H,1-2H3. The molecule has 9 aromatic rings. The summed E-state index contributed by atoms with van der Waals surface area (Å²) >= 11 is 0. The molecular weight excluding hydrogens is 745 g/mol. The minimum absolute atomic E-state index is 0.178. The molecule has 0 amide bonds. The molecule has 1 aliphatic heterocycles. The highest BCUT2D eigenvalue weighted by Gasteiger charge is 2.45. The van der Waals surface area contributed by atoms with Gasteiger partial charge in [-0.3, -0.25) is 0 Å². The van der Waals surface area contributed by atoms with Crippen LogP contribution < -0.4 is 4.74 Å². The zero-order valence-corrected chi connectivity index (χ0v) is 33.7. The molecule has 0 bridgehead atoms. The van der Waals surface area contributed by atoms with Gasteiger partial charge in [0, 0.05) is 33.2 Å². The van der Waals surface area contributed by atoms with E-state index < -0.39 is 5.41 Å². The first kappa shape index (κ1) is 36.2. The van der Waals surface area contributed by atoms with E-state index in [0.717, 1.165) is 61.6 Å². The van der Waals surface area contributed by atoms with Gasteiger partial charge < -0.3 is 4.74 Å². The van der Waals surface area contributed by atoms with E-state index in [1.54, 1.807) is 12.1 Å². The van der Waals surface area contributed by atoms with Crippen LogP contribution in [0.3, 0.4) is 0 Å². The average molecular weight is 783 g/mol. The van der Waals surface area contributed by atoms with Gasteiger partial charge in [-0.1, -0.05) is 153 Å². The monoisotopic (exact) mass is 782 g/mol. The van der Waals surface area contributed by atoms with Crippen molar-refractivity contribution in [2.45, 2.75) is 24.7 Å². The van der Waals surface area contributed by atoms with Crippen LogP contribution in [0.5, 0.6) is 11.5 Å². The summed E-state index contributed by atoms with van der Waals surface area (Å²) in [5.74, 6) is 3.36. The van der Waals surface area contributed by atoms with Gasteiger partial charge in [0.15, 0.2) is 17.5 Å². The molecule has 2 heterocycles. The number of aromatic nitrogens is 3. The molecule has 61 heavy (non-hydrogen) atoms. The highest BCUT2D eigenvalue weighted by atomic mass is 16.5. The first-order valence-electron chi connectivity index (χ1n) is 20.6. The van der Waals surface area contributed by atoms with Crippen LogP contribution in [0, 0.1) is 11.3 Å². The van der Waals surface area contributed by atoms with Crippen molar-refractivity contribution in [3.05, 3.63) is 233 Å². The highest BCUT2D eigenvalue weighted by Crippen LogP contribution is 2.56. The number of hydrogen-bond donors (Lipinski definition) is 0. The van der Waals surface area contributed by atoms with Crippen LogP contribution in [0.1, 0.15) is 52.8 Å². The lowest BCUT2D eigenvalue weighted by atomic mass is 9.63. The molecule has 0 saturated heterocycles. The fraction of sp³-hybridized carbons (Fsp3) is 0.0714. The highest BCUT2D eigenvalue weighted by molar-refractivity contribution is 5.83. The van der Waals surface area contributed by atoms with Crippen molar-refractivity contribution in [2.24, 2.45) is 0 Å². The van der Waals surface area contributed by atoms with E-state index in [9.17, 15) is 5.26 Å². The van der Waals surface area contributed by atoms with E-state index in [1.165, 1.54) is 22.3 Å². The third-order valence-electron chi connectivity index (χ3n) is 12.5. The minimum atomic E-state index is -0.634. The van der Waals surface area contributed by atoms with Crippen LogP contribution >= 0.6 is 0 Å². The number of para-hydroxylation sites is 1. The Morgan fingerprint density at radius 1 is 0.410 bits per heavy atom. The number of ether oxygens (including phenoxy) is 1. The van der Waals surface area contributed by atoms with Crippen LogP contribution in [-0.4, -0.2) is 15.0 Å². The van der Waals surface area contributed by atoms with E-state index in [2.05, 4.69) is 184 Å². The van der Waals surface area contributed by atoms with Gasteiger partial charge in [0.25, 0.3) is 0 Å². The number of nitrogens with zero attached hydrogens (tertiary/aromatic N) is 4. The average Bonchev–Trinajstić information content (AvgIpc) is 3.56. The molecule has 0 saturated carbocycles. The third kappa shape index (κ3) is 5.79. The van der Waals surface area contributed by atoms with Crippen molar-refractivity contribution in [2.75, 3.05) is 0 Å². The lowest BCUT2D eigenvalue weighted by Gasteiger charge is -2.41. The van der Waals surface area contributed by atoms with Gasteiger partial charge in [0.1, 0.15) is 11.5 Å². The summed E-state index contributed by atoms with van der Waals surface area (Å²) in [6.07, 6.45) is 0. The summed E-state index contributed by atoms with van der Waals surface area (Å²) in [6, 6.07) is 69.7. The largest absolute Gasteiger partial charge is 0.457 e. The molecule has 0 unspecified atom stereocenters. The lowest BCUT2D eigenvalue weighted by Crippen LogP contribution is -2.34. The van der Waals surface area contributed by atoms with Crippen LogP contribution in [0.25, 0.3) is 56.4 Å². The van der Waals surface area contributed by atoms with Crippen molar-refractivity contribution in [3.8, 4) is 74.0 Å². The van der Waals surface area contributed by atoms with Gasteiger partial charge in [0.05, 0.1) is 17.0 Å². The molecule has 0 N–H and O–H groups in total. The number of rotatable bonds is 6. The minimum Gasteiger partial charge on any atom is -0.457 e. The van der Waals surface area contributed by atoms with Gasteiger partial charge in [-0.2, -0.15) is 5.26 Å². The van der Waals surface area contributed by atoms with Crippen LogP contribution in [0.2, 0.25) is 0 Å². The van der Waals surface area contributed by atoms with E-state index in [0.29, 0.717) is 23.0 Å². The van der Waals surface area contributed by atoms with Crippen molar-refractivity contribution < 1.29 is 4.74 Å². The van der Waals surface area contributed by atoms with Gasteiger partial charge >= 0.3 is 0 Å². The quantitative estimate of drug-likeness (QED) is 0.168. The Balaban J connectivity index is 1.06. The summed E-state index contributed by atoms with van der Waals surface area (Å²) in [5, 5.41) is 9.54. The van der Waals surface area contributed by atoms with Crippen LogP contribution in [0.15, 0.2) is 194 Å². The first-order valence-corrected chi connectivity index (χ1v) is 20.6. The maximum absolute atomic E-state index is 9.54. The molecule has 1 aliphatic carbocycles. The molecule has 288 valence electrons. The molecule has 11 rings (SSSR count). The van der Waals surface area contributed by atoms with E-state index in [-0.39, 0.29) is 5.41 Å². The molecule has 1 aromatic heterocycles. The Bertz CT molecular complexity index is 3160. The van der Waals surface area contributed by atoms with Crippen molar-refractivity contribution in [1.82, 2.24) is 15.0 Å². The zero-order chi connectivity index (χ0) is 41.1. The molecule has 5 nitrogen and oxygen atoms in total. The maximum atomic E-state index is 9.54. The first-order chi connectivity index (χ1) is 29.9. The Morgan fingerprint density at radius 3 is 1.62 bits per heavy atom. The Hall–Kier alpha value is -7.94. The number of benzene rings is 8. The predicted octanol–water partition coefficient (Wildman–Crippen LogP) is 13.2. The second-order valence-corrected chi connectivity index (χ2v) is 16.3. The van der Waals surface area contributed by atoms with Crippen LogP contribution in [-0.2, 0) is 10.8 Å². The molecule has 0 spiro atoms. The Labute approximate surface area is 355 Å². The van der Waals surface area contributed by atoms with Crippen LogP contribution in [0.4, 0.5) is 0 Å². The molecular formula is C56H38N4O. The predicted molar refractivity (Wildman–Crippen MR) is 242 cm³/mol. The van der Waals surface area contributed by atoms with Gasteiger partial charge in [-0.05, 0) is 99.1 Å². The molecule has 8 aromatic carbocycles. The molecule has 5 heteroatoms. The van der Waals surface area contributed by atoms with E-state index in [1.807, 2.05) is 18.2 Å². The topological polar surface area (TPSA) is 71.7 Å². The smallest absolute Gasteiger partial charge is 0.164 e. The summed E-state index contributed by atoms with van der Waals surface area (Å²) in [4.78, 5) is 15.4. The molecule has 2 aliphatic rings. The zero-order valence-electron chi connectivity index (χ0n) is 33.7. The van der Waals surface area contributed by atoms with Gasteiger partial charge in [0.2, 0.25) is 0 Å². The molecule has 0 radical (unpaired) electrons. The summed E-state index contributed by atoms with van der Waals surface area (Å²) in [6.45, 7) is 4.56. The van der Waals surface area contributed by atoms with Crippen molar-refractivity contribution in [1.29, 1.82) is 5.26 Å². The van der Waals surface area contributed by atoms with E-state index >= 15 is 0 Å². The van der Waals surface area contributed by atoms with E-state index in [4.69, 9.17) is 19.7 Å². The van der Waals surface area contributed by atoms with Crippen molar-refractivity contribution in [3.63, 3.8) is 0 Å². The fourth-order valence-corrected chi connectivity index (χ4v) is 9.52. The molecule has 0 atom stereocenters. The summed E-state index contributed by atoms with van der Waals surface area (Å²) < 4.78 is 6.70. The Morgan fingerprint density at radius 2 is 0.918 bits per heavy atom. The van der Waals surface area contributed by atoms with Crippen molar-refractivity contribution >= 4 is 0 Å². The summed E-state index contributed by atoms with van der Waals surface area (Å²) in [7, 11) is 0. The second-order valence-electron chi connectivity index (χ2n) is 16.3. The summed E-state index contributed by atoms with van der Waals surface area (Å²) in [5.41, 5.74) is 14.0. The lowest BCUT2D eigenvalue weighted by molar-refractivity contribution is 0.434. The Kier molecular flexibility index (Phi) is 8.37. The van der Waals surface area contributed by atoms with Gasteiger partial charge in [-0.25, -0.2) is 15.0 Å². The second kappa shape index (κ2) is 14.1. The number of nitriles is 1. The fourth-order valence-electron chi connectivity index (χ4n) is 9.52.